The Kier molecular flexibility index (Phi) is 5.08. The third-order valence-electron chi connectivity index (χ3n) is 2.02. The van der Waals surface area contributed by atoms with Crippen molar-refractivity contribution in [2.45, 2.75) is 6.18 Å². The first kappa shape index (κ1) is 14.4. The van der Waals surface area contributed by atoms with Gasteiger partial charge < -0.3 is 10.6 Å². The molecule has 0 unspecified atom stereocenters. The number of rotatable bonds is 5. The van der Waals surface area contributed by atoms with Gasteiger partial charge in [0.05, 0.1) is 6.54 Å². The maximum atomic E-state index is 12.6. The summed E-state index contributed by atoms with van der Waals surface area (Å²) >= 11 is 0. The van der Waals surface area contributed by atoms with E-state index in [9.17, 15) is 22.4 Å². The summed E-state index contributed by atoms with van der Waals surface area (Å²) in [6.45, 7) is -1.03. The Balaban J connectivity index is 2.24. The number of amides is 1. The van der Waals surface area contributed by atoms with Gasteiger partial charge in [-0.15, -0.1) is 0 Å². The summed E-state index contributed by atoms with van der Waals surface area (Å²) in [6.07, 6.45) is -4.26. The van der Waals surface area contributed by atoms with Gasteiger partial charge in [-0.1, -0.05) is 0 Å². The maximum Gasteiger partial charge on any atom is 0.401 e. The van der Waals surface area contributed by atoms with Crippen molar-refractivity contribution in [2.75, 3.05) is 19.6 Å². The van der Waals surface area contributed by atoms with Gasteiger partial charge in [0.25, 0.3) is 5.91 Å². The Morgan fingerprint density at radius 2 is 1.72 bits per heavy atom. The molecule has 0 heterocycles. The van der Waals surface area contributed by atoms with Gasteiger partial charge in [-0.05, 0) is 24.3 Å². The highest BCUT2D eigenvalue weighted by Gasteiger charge is 2.25. The number of carbonyl (C=O) groups excluding carboxylic acids is 1. The average Bonchev–Trinajstić information content (AvgIpc) is 2.27. The molecule has 1 aromatic carbocycles. The maximum absolute atomic E-state index is 12.6. The molecule has 0 aromatic heterocycles. The van der Waals surface area contributed by atoms with Crippen LogP contribution in [0.5, 0.6) is 0 Å². The zero-order valence-corrected chi connectivity index (χ0v) is 9.35. The summed E-state index contributed by atoms with van der Waals surface area (Å²) in [6, 6.07) is 4.87. The topological polar surface area (TPSA) is 41.1 Å². The molecule has 100 valence electrons. The van der Waals surface area contributed by atoms with Gasteiger partial charge in [-0.25, -0.2) is 4.39 Å². The summed E-state index contributed by atoms with van der Waals surface area (Å²) in [7, 11) is 0. The molecule has 0 saturated carbocycles. The molecule has 0 saturated heterocycles. The highest BCUT2D eigenvalue weighted by molar-refractivity contribution is 5.94. The lowest BCUT2D eigenvalue weighted by molar-refractivity contribution is -0.124. The normalized spacial score (nSPS) is 11.3. The molecule has 0 radical (unpaired) electrons. The van der Waals surface area contributed by atoms with Crippen molar-refractivity contribution in [3.8, 4) is 0 Å². The van der Waals surface area contributed by atoms with Gasteiger partial charge in [0, 0.05) is 18.7 Å². The molecule has 0 aliphatic rings. The van der Waals surface area contributed by atoms with Crippen molar-refractivity contribution in [3.05, 3.63) is 35.6 Å². The largest absolute Gasteiger partial charge is 0.401 e. The van der Waals surface area contributed by atoms with Crippen LogP contribution in [-0.4, -0.2) is 31.7 Å². The van der Waals surface area contributed by atoms with Crippen molar-refractivity contribution in [2.24, 2.45) is 0 Å². The van der Waals surface area contributed by atoms with Crippen molar-refractivity contribution in [1.82, 2.24) is 10.6 Å². The molecular formula is C11H12F4N2O. The second-order valence-electron chi connectivity index (χ2n) is 3.55. The SMILES string of the molecule is O=C(NCCNCC(F)(F)F)c1ccc(F)cc1. The summed E-state index contributed by atoms with van der Waals surface area (Å²) in [4.78, 5) is 11.4. The van der Waals surface area contributed by atoms with Crippen LogP contribution < -0.4 is 10.6 Å². The van der Waals surface area contributed by atoms with Crippen LogP contribution in [0, 0.1) is 5.82 Å². The summed E-state index contributed by atoms with van der Waals surface area (Å²) in [5.41, 5.74) is 0.257. The number of hydrogen-bond donors (Lipinski definition) is 2. The highest BCUT2D eigenvalue weighted by atomic mass is 19.4. The molecule has 1 aromatic rings. The average molecular weight is 264 g/mol. The van der Waals surface area contributed by atoms with Crippen molar-refractivity contribution in [1.29, 1.82) is 0 Å². The van der Waals surface area contributed by atoms with Crippen LogP contribution in [0.25, 0.3) is 0 Å². The lowest BCUT2D eigenvalue weighted by Crippen LogP contribution is -2.36. The van der Waals surface area contributed by atoms with Gasteiger partial charge in [-0.3, -0.25) is 4.79 Å². The first-order chi connectivity index (χ1) is 8.38. The Labute approximate surface area is 101 Å². The molecule has 2 N–H and O–H groups in total. The number of alkyl halides is 3. The first-order valence-corrected chi connectivity index (χ1v) is 5.20. The monoisotopic (exact) mass is 264 g/mol. The van der Waals surface area contributed by atoms with Crippen molar-refractivity contribution < 1.29 is 22.4 Å². The summed E-state index contributed by atoms with van der Waals surface area (Å²) in [5, 5.41) is 4.55. The van der Waals surface area contributed by atoms with Gasteiger partial charge in [0.2, 0.25) is 0 Å². The minimum Gasteiger partial charge on any atom is -0.351 e. The van der Waals surface area contributed by atoms with Gasteiger partial charge in [-0.2, -0.15) is 13.2 Å². The number of benzene rings is 1. The van der Waals surface area contributed by atoms with Crippen LogP contribution in [0.1, 0.15) is 10.4 Å². The Morgan fingerprint density at radius 1 is 1.11 bits per heavy atom. The van der Waals surface area contributed by atoms with E-state index in [1.54, 1.807) is 0 Å². The van der Waals surface area contributed by atoms with Crippen molar-refractivity contribution >= 4 is 5.91 Å². The summed E-state index contributed by atoms with van der Waals surface area (Å²) < 4.78 is 47.8. The molecule has 7 heteroatoms. The fourth-order valence-electron chi connectivity index (χ4n) is 1.20. The Hall–Kier alpha value is -1.63. The van der Waals surface area contributed by atoms with Crippen molar-refractivity contribution in [3.63, 3.8) is 0 Å². The van der Waals surface area contributed by atoms with E-state index in [0.29, 0.717) is 0 Å². The highest BCUT2D eigenvalue weighted by Crippen LogP contribution is 2.11. The number of halogens is 4. The number of hydrogen-bond acceptors (Lipinski definition) is 2. The second kappa shape index (κ2) is 6.34. The van der Waals surface area contributed by atoms with Gasteiger partial charge >= 0.3 is 6.18 Å². The Morgan fingerprint density at radius 3 is 2.28 bits per heavy atom. The summed E-state index contributed by atoms with van der Waals surface area (Å²) in [5.74, 6) is -0.915. The quantitative estimate of drug-likeness (QED) is 0.628. The van der Waals surface area contributed by atoms with E-state index >= 15 is 0 Å². The van der Waals surface area contributed by atoms with Gasteiger partial charge in [0.1, 0.15) is 5.82 Å². The van der Waals surface area contributed by atoms with Crippen LogP contribution in [0.2, 0.25) is 0 Å². The molecule has 0 bridgehead atoms. The molecule has 1 amide bonds. The minimum absolute atomic E-state index is 0.00639. The van der Waals surface area contributed by atoms with Crippen LogP contribution >= 0.6 is 0 Å². The lowest BCUT2D eigenvalue weighted by Gasteiger charge is -2.09. The molecule has 18 heavy (non-hydrogen) atoms. The fourth-order valence-corrected chi connectivity index (χ4v) is 1.20. The first-order valence-electron chi connectivity index (χ1n) is 5.20. The zero-order valence-electron chi connectivity index (χ0n) is 9.35. The third-order valence-corrected chi connectivity index (χ3v) is 2.02. The second-order valence-corrected chi connectivity index (χ2v) is 3.55. The van der Waals surface area contributed by atoms with Crippen LogP contribution in [0.3, 0.4) is 0 Å². The van der Waals surface area contributed by atoms with E-state index in [2.05, 4.69) is 10.6 Å². The lowest BCUT2D eigenvalue weighted by atomic mass is 10.2. The molecule has 0 fully saturated rings. The predicted octanol–water partition coefficient (Wildman–Crippen LogP) is 1.71. The predicted molar refractivity (Wildman–Crippen MR) is 57.7 cm³/mol. The minimum atomic E-state index is -4.26. The molecule has 0 spiro atoms. The third kappa shape index (κ3) is 5.62. The smallest absolute Gasteiger partial charge is 0.351 e. The number of carbonyl (C=O) groups is 1. The van der Waals surface area contributed by atoms with Crippen LogP contribution in [0.15, 0.2) is 24.3 Å². The molecule has 0 aliphatic carbocycles. The molecule has 3 nitrogen and oxygen atoms in total. The fraction of sp³-hybridized carbons (Fsp3) is 0.364. The van der Waals surface area contributed by atoms with Crippen LogP contribution in [-0.2, 0) is 0 Å². The Bertz CT molecular complexity index is 389. The van der Waals surface area contributed by atoms with E-state index < -0.39 is 24.4 Å². The molecule has 0 atom stereocenters. The van der Waals surface area contributed by atoms with Gasteiger partial charge in [0.15, 0.2) is 0 Å². The zero-order chi connectivity index (χ0) is 13.6. The molecular weight excluding hydrogens is 252 g/mol. The van der Waals surface area contributed by atoms with E-state index in [4.69, 9.17) is 0 Å². The molecule has 0 aliphatic heterocycles. The molecule has 1 rings (SSSR count). The number of nitrogens with one attached hydrogen (secondary N) is 2. The van der Waals surface area contributed by atoms with E-state index in [1.165, 1.54) is 12.1 Å². The van der Waals surface area contributed by atoms with Crippen LogP contribution in [0.4, 0.5) is 17.6 Å². The van der Waals surface area contributed by atoms with E-state index in [0.717, 1.165) is 12.1 Å². The standard InChI is InChI=1S/C11H12F4N2O/c12-9-3-1-8(2-4-9)10(18)17-6-5-16-7-11(13,14)15/h1-4,16H,5-7H2,(H,17,18). The van der Waals surface area contributed by atoms with E-state index in [-0.39, 0.29) is 18.7 Å². The van der Waals surface area contributed by atoms with E-state index in [1.807, 2.05) is 0 Å².